The van der Waals surface area contributed by atoms with E-state index in [0.29, 0.717) is 12.1 Å². The highest BCUT2D eigenvalue weighted by molar-refractivity contribution is 5.35. The molecule has 0 amide bonds. The third kappa shape index (κ3) is 2.71. The predicted octanol–water partition coefficient (Wildman–Crippen LogP) is 1.02. The summed E-state index contributed by atoms with van der Waals surface area (Å²) < 4.78 is 1.69. The molecule has 2 atom stereocenters. The van der Waals surface area contributed by atoms with Crippen molar-refractivity contribution < 1.29 is 0 Å². The van der Waals surface area contributed by atoms with E-state index < -0.39 is 0 Å². The summed E-state index contributed by atoms with van der Waals surface area (Å²) in [5.41, 5.74) is 2.30. The molecule has 1 N–H and O–H groups in total. The smallest absolute Gasteiger partial charge is 0.143 e. The maximum absolute atomic E-state index is 3.94. The van der Waals surface area contributed by atoms with E-state index in [2.05, 4.69) is 57.8 Å². The third-order valence-corrected chi connectivity index (χ3v) is 3.91. The van der Waals surface area contributed by atoms with Gasteiger partial charge in [-0.3, -0.25) is 4.90 Å². The normalized spacial score (nSPS) is 21.8. The van der Waals surface area contributed by atoms with Gasteiger partial charge in [0, 0.05) is 31.7 Å². The molecule has 106 valence electrons. The van der Waals surface area contributed by atoms with Crippen LogP contribution >= 0.6 is 0 Å². The second kappa shape index (κ2) is 5.68. The molecule has 0 saturated carbocycles. The fraction of sp³-hybridized carbons (Fsp3) is 0.500. The van der Waals surface area contributed by atoms with Crippen LogP contribution in [0.1, 0.15) is 25.5 Å². The summed E-state index contributed by atoms with van der Waals surface area (Å²) >= 11 is 0. The Labute approximate surface area is 118 Å². The SMILES string of the molecule is CC1CN(C(C)c2cccc(-n3cnnn3)c2)CCN1. The van der Waals surface area contributed by atoms with Crippen LogP contribution in [0.4, 0.5) is 0 Å². The molecule has 2 heterocycles. The molecule has 0 radical (unpaired) electrons. The van der Waals surface area contributed by atoms with Crippen molar-refractivity contribution in [2.45, 2.75) is 25.9 Å². The second-order valence-electron chi connectivity index (χ2n) is 5.38. The predicted molar refractivity (Wildman–Crippen MR) is 76.6 cm³/mol. The number of hydrogen-bond acceptors (Lipinski definition) is 5. The highest BCUT2D eigenvalue weighted by atomic mass is 15.5. The summed E-state index contributed by atoms with van der Waals surface area (Å²) in [4.78, 5) is 2.51. The van der Waals surface area contributed by atoms with E-state index in [1.807, 2.05) is 6.07 Å². The molecule has 1 aliphatic heterocycles. The molecule has 6 heteroatoms. The Kier molecular flexibility index (Phi) is 3.75. The van der Waals surface area contributed by atoms with E-state index in [1.165, 1.54) is 5.56 Å². The van der Waals surface area contributed by atoms with Crippen molar-refractivity contribution in [2.24, 2.45) is 0 Å². The first-order valence-corrected chi connectivity index (χ1v) is 7.05. The number of tetrazole rings is 1. The van der Waals surface area contributed by atoms with Crippen LogP contribution in [0, 0.1) is 0 Å². The van der Waals surface area contributed by atoms with Gasteiger partial charge < -0.3 is 5.32 Å². The summed E-state index contributed by atoms with van der Waals surface area (Å²) in [6.07, 6.45) is 1.62. The van der Waals surface area contributed by atoms with Crippen molar-refractivity contribution in [3.05, 3.63) is 36.2 Å². The lowest BCUT2D eigenvalue weighted by Crippen LogP contribution is -2.49. The Morgan fingerprint density at radius 1 is 1.40 bits per heavy atom. The molecule has 0 bridgehead atoms. The first kappa shape index (κ1) is 13.2. The van der Waals surface area contributed by atoms with Gasteiger partial charge in [0.2, 0.25) is 0 Å². The Morgan fingerprint density at radius 3 is 3.05 bits per heavy atom. The van der Waals surface area contributed by atoms with Gasteiger partial charge in [0.05, 0.1) is 5.69 Å². The molecule has 0 aliphatic carbocycles. The van der Waals surface area contributed by atoms with Crippen LogP contribution in [0.3, 0.4) is 0 Å². The standard InChI is InChI=1S/C14H20N6/c1-11-9-19(7-6-15-11)12(2)13-4-3-5-14(8-13)20-10-16-17-18-20/h3-5,8,10-12,15H,6-7,9H2,1-2H3. The molecule has 20 heavy (non-hydrogen) atoms. The van der Waals surface area contributed by atoms with E-state index in [-0.39, 0.29) is 0 Å². The number of rotatable bonds is 3. The molecule has 3 rings (SSSR count). The number of aromatic nitrogens is 4. The zero-order valence-corrected chi connectivity index (χ0v) is 11.9. The minimum atomic E-state index is 0.399. The second-order valence-corrected chi connectivity index (χ2v) is 5.38. The molecule has 6 nitrogen and oxygen atoms in total. The van der Waals surface area contributed by atoms with Gasteiger partial charge in [-0.25, -0.2) is 4.68 Å². The lowest BCUT2D eigenvalue weighted by Gasteiger charge is -2.36. The lowest BCUT2D eigenvalue weighted by molar-refractivity contribution is 0.158. The van der Waals surface area contributed by atoms with Crippen molar-refractivity contribution in [1.82, 2.24) is 30.4 Å². The van der Waals surface area contributed by atoms with Crippen molar-refractivity contribution >= 4 is 0 Å². The van der Waals surface area contributed by atoms with Crippen molar-refractivity contribution in [3.8, 4) is 5.69 Å². The van der Waals surface area contributed by atoms with Crippen LogP contribution in [0.5, 0.6) is 0 Å². The Hall–Kier alpha value is -1.79. The topological polar surface area (TPSA) is 58.9 Å². The van der Waals surface area contributed by atoms with Crippen molar-refractivity contribution in [3.63, 3.8) is 0 Å². The van der Waals surface area contributed by atoms with E-state index in [4.69, 9.17) is 0 Å². The fourth-order valence-corrected chi connectivity index (χ4v) is 2.73. The zero-order chi connectivity index (χ0) is 13.9. The molecule has 1 aromatic carbocycles. The molecule has 2 unspecified atom stereocenters. The summed E-state index contributed by atoms with van der Waals surface area (Å²) in [5.74, 6) is 0. The Balaban J connectivity index is 1.81. The maximum Gasteiger partial charge on any atom is 0.143 e. The minimum absolute atomic E-state index is 0.399. The van der Waals surface area contributed by atoms with Gasteiger partial charge in [0.25, 0.3) is 0 Å². The summed E-state index contributed by atoms with van der Waals surface area (Å²) in [5, 5.41) is 14.8. The van der Waals surface area contributed by atoms with Crippen LogP contribution in [0.25, 0.3) is 5.69 Å². The minimum Gasteiger partial charge on any atom is -0.312 e. The first-order chi connectivity index (χ1) is 9.74. The maximum atomic E-state index is 3.94. The van der Waals surface area contributed by atoms with E-state index >= 15 is 0 Å². The monoisotopic (exact) mass is 272 g/mol. The average molecular weight is 272 g/mol. The van der Waals surface area contributed by atoms with E-state index in [9.17, 15) is 0 Å². The van der Waals surface area contributed by atoms with Crippen LogP contribution in [-0.4, -0.2) is 50.8 Å². The van der Waals surface area contributed by atoms with Crippen molar-refractivity contribution in [2.75, 3.05) is 19.6 Å². The molecule has 1 fully saturated rings. The van der Waals surface area contributed by atoms with Gasteiger partial charge in [-0.05, 0) is 42.0 Å². The third-order valence-electron chi connectivity index (χ3n) is 3.91. The fourth-order valence-electron chi connectivity index (χ4n) is 2.73. The molecular weight excluding hydrogens is 252 g/mol. The lowest BCUT2D eigenvalue weighted by atomic mass is 10.0. The number of hydrogen-bond donors (Lipinski definition) is 1. The molecule has 2 aromatic rings. The van der Waals surface area contributed by atoms with Gasteiger partial charge in [0.15, 0.2) is 0 Å². The van der Waals surface area contributed by atoms with Crippen LogP contribution in [0.2, 0.25) is 0 Å². The van der Waals surface area contributed by atoms with E-state index in [1.54, 1.807) is 11.0 Å². The average Bonchev–Trinajstić information content (AvgIpc) is 3.01. The number of piperazine rings is 1. The van der Waals surface area contributed by atoms with Crippen LogP contribution < -0.4 is 5.32 Å². The highest BCUT2D eigenvalue weighted by Crippen LogP contribution is 2.23. The Bertz CT molecular complexity index is 553. The molecular formula is C14H20N6. The van der Waals surface area contributed by atoms with Gasteiger partial charge in [0.1, 0.15) is 6.33 Å². The quantitative estimate of drug-likeness (QED) is 0.904. The number of nitrogens with one attached hydrogen (secondary N) is 1. The van der Waals surface area contributed by atoms with Crippen molar-refractivity contribution in [1.29, 1.82) is 0 Å². The number of benzene rings is 1. The van der Waals surface area contributed by atoms with Gasteiger partial charge in [-0.2, -0.15) is 0 Å². The molecule has 0 spiro atoms. The van der Waals surface area contributed by atoms with Crippen LogP contribution in [0.15, 0.2) is 30.6 Å². The number of nitrogens with zero attached hydrogens (tertiary/aromatic N) is 5. The summed E-state index contributed by atoms with van der Waals surface area (Å²) in [6, 6.07) is 9.37. The van der Waals surface area contributed by atoms with Crippen LogP contribution in [-0.2, 0) is 0 Å². The summed E-state index contributed by atoms with van der Waals surface area (Å²) in [6.45, 7) is 7.71. The zero-order valence-electron chi connectivity index (χ0n) is 11.9. The highest BCUT2D eigenvalue weighted by Gasteiger charge is 2.21. The molecule has 1 aromatic heterocycles. The first-order valence-electron chi connectivity index (χ1n) is 7.05. The van der Waals surface area contributed by atoms with Gasteiger partial charge >= 0.3 is 0 Å². The Morgan fingerprint density at radius 2 is 2.30 bits per heavy atom. The molecule has 1 aliphatic rings. The van der Waals surface area contributed by atoms with Gasteiger partial charge in [-0.15, -0.1) is 5.10 Å². The largest absolute Gasteiger partial charge is 0.312 e. The van der Waals surface area contributed by atoms with Gasteiger partial charge in [-0.1, -0.05) is 12.1 Å². The molecule has 1 saturated heterocycles. The summed E-state index contributed by atoms with van der Waals surface area (Å²) in [7, 11) is 0. The van der Waals surface area contributed by atoms with E-state index in [0.717, 1.165) is 25.3 Å².